The maximum Gasteiger partial charge on any atom is 0.524 e. The van der Waals surface area contributed by atoms with Crippen molar-refractivity contribution in [2.24, 2.45) is 0 Å². The maximum atomic E-state index is 14.3. The number of allylic oxidation sites excluding steroid dienone is 5. The summed E-state index contributed by atoms with van der Waals surface area (Å²) in [6.07, 6.45) is 9.29. The molecule has 15 nitrogen and oxygen atoms in total. The molecule has 0 unspecified atom stereocenters. The van der Waals surface area contributed by atoms with Crippen molar-refractivity contribution in [3.63, 3.8) is 0 Å². The number of carbonyl (C=O) groups is 1. The second-order valence-electron chi connectivity index (χ2n) is 11.3. The molecule has 1 aliphatic heterocycles. The molecule has 0 bridgehead atoms. The highest BCUT2D eigenvalue weighted by molar-refractivity contribution is 7.47. The molecule has 1 amide bonds. The lowest BCUT2D eigenvalue weighted by Crippen LogP contribution is -2.30. The quantitative estimate of drug-likeness (QED) is 0.0835. The highest BCUT2D eigenvalue weighted by Crippen LogP contribution is 2.56. The van der Waals surface area contributed by atoms with E-state index in [4.69, 9.17) is 13.6 Å². The molecule has 0 radical (unpaired) electrons. The van der Waals surface area contributed by atoms with Crippen LogP contribution in [0.4, 0.5) is 17.1 Å². The van der Waals surface area contributed by atoms with Crippen molar-refractivity contribution in [2.45, 2.75) is 60.3 Å². The number of anilines is 3. The van der Waals surface area contributed by atoms with Crippen LogP contribution in [-0.4, -0.2) is 48.4 Å². The fraction of sp³-hybridized carbons (Fsp3) is 0.367. The van der Waals surface area contributed by atoms with Gasteiger partial charge < -0.3 is 23.4 Å². The molecule has 2 aromatic rings. The Bertz CT molecular complexity index is 1750. The SMILES string of the molecule is CCN1c2c(OP(=O)(O)O)cccc2C(=O)N(CC=C(C)CCC=C(C)CCC=C(C)C)c2cc(OP(=O)(O)O)cc(OP(=O)(O)O)c21. The zero-order chi connectivity index (χ0) is 36.0. The number of hydrogen-bond donors (Lipinski definition) is 6. The number of phosphoric ester groups is 3. The predicted molar refractivity (Wildman–Crippen MR) is 181 cm³/mol. The minimum atomic E-state index is -5.34. The Labute approximate surface area is 278 Å². The zero-order valence-electron chi connectivity index (χ0n) is 27.1. The van der Waals surface area contributed by atoms with E-state index in [0.717, 1.165) is 37.0 Å². The van der Waals surface area contributed by atoms with Crippen LogP contribution in [0.5, 0.6) is 17.2 Å². The Kier molecular flexibility index (Phi) is 13.1. The van der Waals surface area contributed by atoms with Crippen molar-refractivity contribution < 1.29 is 61.4 Å². The van der Waals surface area contributed by atoms with Crippen LogP contribution in [0.15, 0.2) is 65.3 Å². The van der Waals surface area contributed by atoms with Crippen LogP contribution in [0.3, 0.4) is 0 Å². The minimum Gasteiger partial charge on any atom is -0.404 e. The van der Waals surface area contributed by atoms with Gasteiger partial charge in [-0.25, -0.2) is 13.7 Å². The Morgan fingerprint density at radius 2 is 1.29 bits per heavy atom. The van der Waals surface area contributed by atoms with E-state index in [-0.39, 0.29) is 35.7 Å². The zero-order valence-corrected chi connectivity index (χ0v) is 29.8. The van der Waals surface area contributed by atoms with Gasteiger partial charge in [-0.1, -0.05) is 41.0 Å². The van der Waals surface area contributed by atoms with E-state index in [1.165, 1.54) is 39.1 Å². The third kappa shape index (κ3) is 11.4. The Morgan fingerprint density at radius 1 is 0.729 bits per heavy atom. The van der Waals surface area contributed by atoms with Gasteiger partial charge in [-0.15, -0.1) is 0 Å². The molecule has 0 saturated carbocycles. The van der Waals surface area contributed by atoms with Crippen LogP contribution in [0.2, 0.25) is 0 Å². The molecule has 2 aromatic carbocycles. The van der Waals surface area contributed by atoms with Crippen LogP contribution in [-0.2, 0) is 13.7 Å². The molecule has 48 heavy (non-hydrogen) atoms. The van der Waals surface area contributed by atoms with Crippen LogP contribution >= 0.6 is 23.5 Å². The van der Waals surface area contributed by atoms with Gasteiger partial charge in [-0.05, 0) is 72.4 Å². The van der Waals surface area contributed by atoms with Crippen molar-refractivity contribution in [1.29, 1.82) is 0 Å². The standard InChI is InChI=1S/C30H41N2O13P3/c1-6-31-28-24(14-9-15-26(28)44-47(37,38)39)30(33)32(17-16-22(5)13-8-12-21(4)11-7-10-20(2)3)25-18-23(43-46(34,35)36)19-27(29(25)31)45-48(40,41)42/h9-10,12,14-16,18-19H,6-8,11,13,17H2,1-5H3,(H2,34,35,36)(H2,37,38,39)(H2,40,41,42). The van der Waals surface area contributed by atoms with Crippen LogP contribution in [0, 0.1) is 0 Å². The number of rotatable bonds is 15. The molecule has 6 N–H and O–H groups in total. The molecule has 0 spiro atoms. The summed E-state index contributed by atoms with van der Waals surface area (Å²) >= 11 is 0. The van der Waals surface area contributed by atoms with Gasteiger partial charge >= 0.3 is 23.5 Å². The molecule has 1 aliphatic rings. The lowest BCUT2D eigenvalue weighted by Gasteiger charge is -2.29. The fourth-order valence-electron chi connectivity index (χ4n) is 5.06. The number of fused-ring (bicyclic) bond motifs is 2. The minimum absolute atomic E-state index is 0.0625. The normalized spacial score (nSPS) is 14.3. The van der Waals surface area contributed by atoms with Gasteiger partial charge in [0, 0.05) is 25.2 Å². The number of benzene rings is 2. The maximum absolute atomic E-state index is 14.3. The van der Waals surface area contributed by atoms with E-state index in [1.807, 2.05) is 20.8 Å². The number of nitrogens with zero attached hydrogens (tertiary/aromatic N) is 2. The Balaban J connectivity index is 2.20. The average Bonchev–Trinajstić information content (AvgIpc) is 3.02. The van der Waals surface area contributed by atoms with Gasteiger partial charge in [0.1, 0.15) is 11.4 Å². The number of amides is 1. The smallest absolute Gasteiger partial charge is 0.404 e. The second kappa shape index (κ2) is 16.0. The topological polar surface area (TPSA) is 224 Å². The van der Waals surface area contributed by atoms with Crippen LogP contribution in [0.1, 0.15) is 70.7 Å². The van der Waals surface area contributed by atoms with Gasteiger partial charge in [-0.2, -0.15) is 0 Å². The van der Waals surface area contributed by atoms with Crippen molar-refractivity contribution >= 4 is 46.4 Å². The van der Waals surface area contributed by atoms with Crippen molar-refractivity contribution in [3.8, 4) is 17.2 Å². The van der Waals surface area contributed by atoms with Gasteiger partial charge in [0.15, 0.2) is 11.5 Å². The summed E-state index contributed by atoms with van der Waals surface area (Å²) in [7, 11) is -15.7. The first kappa shape index (κ1) is 39.2. The number of para-hydroxylation sites is 1. The Morgan fingerprint density at radius 3 is 1.85 bits per heavy atom. The molecular formula is C30H41N2O13P3. The lowest BCUT2D eigenvalue weighted by molar-refractivity contribution is 0.0990. The number of carbonyl (C=O) groups excluding carboxylic acids is 1. The monoisotopic (exact) mass is 730 g/mol. The molecule has 0 aliphatic carbocycles. The van der Waals surface area contributed by atoms with E-state index >= 15 is 0 Å². The molecular weight excluding hydrogens is 689 g/mol. The van der Waals surface area contributed by atoms with Crippen LogP contribution < -0.4 is 23.4 Å². The van der Waals surface area contributed by atoms with Gasteiger partial charge in [0.25, 0.3) is 5.91 Å². The van der Waals surface area contributed by atoms with Crippen molar-refractivity contribution in [2.75, 3.05) is 22.9 Å². The molecule has 0 fully saturated rings. The third-order valence-electron chi connectivity index (χ3n) is 7.05. The molecule has 3 rings (SSSR count). The number of phosphoric acid groups is 3. The highest BCUT2D eigenvalue weighted by Gasteiger charge is 2.38. The molecule has 264 valence electrons. The predicted octanol–water partition coefficient (Wildman–Crippen LogP) is 6.64. The first-order chi connectivity index (χ1) is 22.2. The van der Waals surface area contributed by atoms with Crippen molar-refractivity contribution in [1.82, 2.24) is 0 Å². The number of hydrogen-bond acceptors (Lipinski definition) is 8. The van der Waals surface area contributed by atoms with E-state index < -0.39 is 46.6 Å². The fourth-order valence-corrected chi connectivity index (χ4v) is 6.24. The summed E-state index contributed by atoms with van der Waals surface area (Å²) in [5.74, 6) is -2.36. The van der Waals surface area contributed by atoms with E-state index in [1.54, 1.807) is 13.0 Å². The summed E-state index contributed by atoms with van der Waals surface area (Å²) in [6.45, 7) is 9.41. The summed E-state index contributed by atoms with van der Waals surface area (Å²) in [6, 6.07) is 5.84. The van der Waals surface area contributed by atoms with Crippen LogP contribution in [0.25, 0.3) is 0 Å². The first-order valence-corrected chi connectivity index (χ1v) is 19.4. The largest absolute Gasteiger partial charge is 0.524 e. The average molecular weight is 731 g/mol. The van der Waals surface area contributed by atoms with E-state index in [0.29, 0.717) is 6.42 Å². The highest BCUT2D eigenvalue weighted by atomic mass is 31.2. The van der Waals surface area contributed by atoms with E-state index in [9.17, 15) is 47.9 Å². The summed E-state index contributed by atoms with van der Waals surface area (Å²) in [5.41, 5.74) is 2.83. The molecule has 1 heterocycles. The third-order valence-corrected chi connectivity index (χ3v) is 8.37. The Hall–Kier alpha value is -3.22. The summed E-state index contributed by atoms with van der Waals surface area (Å²) in [5, 5.41) is 0. The molecule has 0 atom stereocenters. The van der Waals surface area contributed by atoms with E-state index in [2.05, 4.69) is 19.1 Å². The van der Waals surface area contributed by atoms with Gasteiger partial charge in [-0.3, -0.25) is 34.2 Å². The van der Waals surface area contributed by atoms with Crippen molar-refractivity contribution in [3.05, 3.63) is 70.8 Å². The van der Waals surface area contributed by atoms with Gasteiger partial charge in [0.2, 0.25) is 0 Å². The molecule has 0 saturated heterocycles. The summed E-state index contributed by atoms with van der Waals surface area (Å²) in [4.78, 5) is 74.5. The second-order valence-corrected chi connectivity index (χ2v) is 14.8. The molecule has 18 heteroatoms. The summed E-state index contributed by atoms with van der Waals surface area (Å²) < 4.78 is 50.4. The van der Waals surface area contributed by atoms with Gasteiger partial charge in [0.05, 0.1) is 16.9 Å². The first-order valence-electron chi connectivity index (χ1n) is 14.8. The lowest BCUT2D eigenvalue weighted by atomic mass is 10.1. The molecule has 0 aromatic heterocycles.